The quantitative estimate of drug-likeness (QED) is 0.826. The lowest BCUT2D eigenvalue weighted by atomic mass is 10.1. The first kappa shape index (κ1) is 14.8. The molecule has 1 aromatic heterocycles. The highest BCUT2D eigenvalue weighted by Crippen LogP contribution is 2.25. The summed E-state index contributed by atoms with van der Waals surface area (Å²) in [6.07, 6.45) is 1.54. The van der Waals surface area contributed by atoms with Gasteiger partial charge in [-0.15, -0.1) is 0 Å². The minimum atomic E-state index is -0.437. The third-order valence-electron chi connectivity index (χ3n) is 3.14. The number of aromatic nitrogens is 1. The number of carbonyl (C=O) groups excluding carboxylic acids is 1. The van der Waals surface area contributed by atoms with E-state index in [1.807, 2.05) is 37.3 Å². The molecule has 0 spiro atoms. The van der Waals surface area contributed by atoms with Gasteiger partial charge in [0.1, 0.15) is 0 Å². The van der Waals surface area contributed by atoms with E-state index in [9.17, 15) is 4.79 Å². The van der Waals surface area contributed by atoms with Crippen molar-refractivity contribution >= 4 is 17.5 Å². The average Bonchev–Trinajstić information content (AvgIpc) is 2.50. The molecule has 0 aliphatic heterocycles. The Morgan fingerprint density at radius 2 is 2.05 bits per heavy atom. The molecule has 2 aromatic rings. The van der Waals surface area contributed by atoms with Crippen molar-refractivity contribution < 1.29 is 9.53 Å². The first-order valence-corrected chi connectivity index (χ1v) is 6.86. The Kier molecular flexibility index (Phi) is 4.77. The Labute approximate surface area is 124 Å². The highest BCUT2D eigenvalue weighted by Gasteiger charge is 2.16. The van der Waals surface area contributed by atoms with Crippen LogP contribution in [0.3, 0.4) is 0 Å². The predicted molar refractivity (Wildman–Crippen MR) is 83.1 cm³/mol. The molecule has 1 atom stereocenters. The van der Waals surface area contributed by atoms with Crippen molar-refractivity contribution in [2.75, 3.05) is 17.7 Å². The van der Waals surface area contributed by atoms with Gasteiger partial charge in [-0.1, -0.05) is 30.3 Å². The summed E-state index contributed by atoms with van der Waals surface area (Å²) in [4.78, 5) is 16.0. The Bertz CT molecular complexity index is 614. The number of hydrogen-bond donors (Lipinski definition) is 2. The molecule has 21 heavy (non-hydrogen) atoms. The molecule has 1 heterocycles. The molecule has 1 unspecified atom stereocenters. The first-order chi connectivity index (χ1) is 10.1. The predicted octanol–water partition coefficient (Wildman–Crippen LogP) is 3.01. The van der Waals surface area contributed by atoms with Crippen LogP contribution in [0.25, 0.3) is 0 Å². The lowest BCUT2D eigenvalue weighted by molar-refractivity contribution is 0.0527. The van der Waals surface area contributed by atoms with E-state index in [4.69, 9.17) is 10.5 Å². The molecule has 1 aromatic carbocycles. The molecule has 0 aliphatic rings. The molecule has 5 nitrogen and oxygen atoms in total. The highest BCUT2D eigenvalue weighted by molar-refractivity contribution is 5.97. The molecule has 0 saturated carbocycles. The van der Waals surface area contributed by atoms with E-state index in [2.05, 4.69) is 10.3 Å². The van der Waals surface area contributed by atoms with E-state index in [1.165, 1.54) is 0 Å². The number of rotatable bonds is 5. The van der Waals surface area contributed by atoms with Crippen LogP contribution in [0.2, 0.25) is 0 Å². The summed E-state index contributed by atoms with van der Waals surface area (Å²) in [5.41, 5.74) is 7.76. The van der Waals surface area contributed by atoms with Crippen LogP contribution in [-0.2, 0) is 4.74 Å². The Morgan fingerprint density at radius 1 is 1.33 bits per heavy atom. The molecule has 0 saturated heterocycles. The Hall–Kier alpha value is -2.56. The van der Waals surface area contributed by atoms with E-state index < -0.39 is 5.97 Å². The number of nitrogen functional groups attached to an aromatic ring is 1. The lowest BCUT2D eigenvalue weighted by Gasteiger charge is -2.17. The molecular weight excluding hydrogens is 266 g/mol. The van der Waals surface area contributed by atoms with Crippen LogP contribution in [-0.4, -0.2) is 17.6 Å². The summed E-state index contributed by atoms with van der Waals surface area (Å²) < 4.78 is 4.98. The summed E-state index contributed by atoms with van der Waals surface area (Å²) >= 11 is 0. The van der Waals surface area contributed by atoms with E-state index in [1.54, 1.807) is 19.2 Å². The largest absolute Gasteiger partial charge is 0.462 e. The van der Waals surface area contributed by atoms with Crippen LogP contribution in [0.4, 0.5) is 11.5 Å². The standard InChI is InChI=1S/C16H19N3O2/c1-3-21-16(20)13-9-10-18-15(14(13)17)19-11(2)12-7-5-4-6-8-12/h4-11H,3,17H2,1-2H3,(H,18,19). The van der Waals surface area contributed by atoms with E-state index in [-0.39, 0.29) is 6.04 Å². The SMILES string of the molecule is CCOC(=O)c1ccnc(NC(C)c2ccccc2)c1N. The highest BCUT2D eigenvalue weighted by atomic mass is 16.5. The molecule has 110 valence electrons. The summed E-state index contributed by atoms with van der Waals surface area (Å²) in [6.45, 7) is 4.07. The van der Waals surface area contributed by atoms with Crippen LogP contribution in [0.5, 0.6) is 0 Å². The van der Waals surface area contributed by atoms with Gasteiger partial charge in [0.05, 0.1) is 23.9 Å². The number of benzene rings is 1. The van der Waals surface area contributed by atoms with E-state index in [0.29, 0.717) is 23.7 Å². The van der Waals surface area contributed by atoms with Crippen molar-refractivity contribution in [2.45, 2.75) is 19.9 Å². The molecule has 0 fully saturated rings. The van der Waals surface area contributed by atoms with E-state index >= 15 is 0 Å². The van der Waals surface area contributed by atoms with Crippen LogP contribution < -0.4 is 11.1 Å². The number of pyridine rings is 1. The number of nitrogens with zero attached hydrogens (tertiary/aromatic N) is 1. The molecule has 0 aliphatic carbocycles. The summed E-state index contributed by atoms with van der Waals surface area (Å²) in [5, 5.41) is 3.22. The van der Waals surface area contributed by atoms with Gasteiger partial charge in [0.25, 0.3) is 0 Å². The fraction of sp³-hybridized carbons (Fsp3) is 0.250. The van der Waals surface area contributed by atoms with Gasteiger partial charge in [-0.2, -0.15) is 0 Å². The van der Waals surface area contributed by atoms with Gasteiger partial charge in [0.2, 0.25) is 0 Å². The number of anilines is 2. The number of ether oxygens (including phenoxy) is 1. The van der Waals surface area contributed by atoms with Crippen molar-refractivity contribution in [1.82, 2.24) is 4.98 Å². The second kappa shape index (κ2) is 6.74. The first-order valence-electron chi connectivity index (χ1n) is 6.86. The Balaban J connectivity index is 2.21. The molecule has 0 radical (unpaired) electrons. The van der Waals surface area contributed by atoms with Crippen LogP contribution >= 0.6 is 0 Å². The summed E-state index contributed by atoms with van der Waals surface area (Å²) in [5.74, 6) is 0.0460. The van der Waals surface area contributed by atoms with E-state index in [0.717, 1.165) is 5.56 Å². The fourth-order valence-corrected chi connectivity index (χ4v) is 2.01. The maximum absolute atomic E-state index is 11.8. The van der Waals surface area contributed by atoms with Gasteiger partial charge in [0.15, 0.2) is 5.82 Å². The molecular formula is C16H19N3O2. The zero-order valence-electron chi connectivity index (χ0n) is 12.2. The zero-order valence-corrected chi connectivity index (χ0v) is 12.2. The van der Waals surface area contributed by atoms with Crippen molar-refractivity contribution in [2.24, 2.45) is 0 Å². The number of carbonyl (C=O) groups is 1. The second-order valence-electron chi connectivity index (χ2n) is 4.62. The van der Waals surface area contributed by atoms with Gasteiger partial charge < -0.3 is 15.8 Å². The maximum atomic E-state index is 11.8. The molecule has 0 amide bonds. The normalized spacial score (nSPS) is 11.7. The van der Waals surface area contributed by atoms with Gasteiger partial charge in [0, 0.05) is 6.20 Å². The lowest BCUT2D eigenvalue weighted by Crippen LogP contribution is -2.14. The summed E-state index contributed by atoms with van der Waals surface area (Å²) in [7, 11) is 0. The summed E-state index contributed by atoms with van der Waals surface area (Å²) in [6, 6.07) is 11.5. The zero-order chi connectivity index (χ0) is 15.2. The molecule has 2 rings (SSSR count). The number of esters is 1. The Morgan fingerprint density at radius 3 is 2.71 bits per heavy atom. The topological polar surface area (TPSA) is 77.2 Å². The smallest absolute Gasteiger partial charge is 0.340 e. The third kappa shape index (κ3) is 3.51. The van der Waals surface area contributed by atoms with Crippen LogP contribution in [0.15, 0.2) is 42.6 Å². The van der Waals surface area contributed by atoms with Crippen molar-refractivity contribution in [3.63, 3.8) is 0 Å². The van der Waals surface area contributed by atoms with Crippen molar-refractivity contribution in [3.8, 4) is 0 Å². The molecule has 3 N–H and O–H groups in total. The van der Waals surface area contributed by atoms with Crippen molar-refractivity contribution in [1.29, 1.82) is 0 Å². The molecule has 5 heteroatoms. The number of nitrogens with one attached hydrogen (secondary N) is 1. The molecule has 0 bridgehead atoms. The van der Waals surface area contributed by atoms with Crippen LogP contribution in [0, 0.1) is 0 Å². The van der Waals surface area contributed by atoms with Gasteiger partial charge in [-0.3, -0.25) is 0 Å². The third-order valence-corrected chi connectivity index (χ3v) is 3.14. The number of nitrogens with two attached hydrogens (primary N) is 1. The van der Waals surface area contributed by atoms with Gasteiger partial charge in [-0.05, 0) is 25.5 Å². The fourth-order valence-electron chi connectivity index (χ4n) is 2.01. The monoisotopic (exact) mass is 285 g/mol. The maximum Gasteiger partial charge on any atom is 0.340 e. The number of hydrogen-bond acceptors (Lipinski definition) is 5. The minimum absolute atomic E-state index is 0.0263. The van der Waals surface area contributed by atoms with Gasteiger partial charge >= 0.3 is 5.97 Å². The second-order valence-corrected chi connectivity index (χ2v) is 4.62. The average molecular weight is 285 g/mol. The minimum Gasteiger partial charge on any atom is -0.462 e. The van der Waals surface area contributed by atoms with Gasteiger partial charge in [-0.25, -0.2) is 9.78 Å². The van der Waals surface area contributed by atoms with Crippen LogP contribution in [0.1, 0.15) is 35.8 Å². The van der Waals surface area contributed by atoms with Crippen molar-refractivity contribution in [3.05, 3.63) is 53.7 Å².